The molecule has 1 N–H and O–H groups in total. The molecule has 0 fully saturated rings. The van der Waals surface area contributed by atoms with Crippen molar-refractivity contribution in [3.63, 3.8) is 0 Å². The van der Waals surface area contributed by atoms with E-state index >= 15 is 0 Å². The van der Waals surface area contributed by atoms with Gasteiger partial charge in [-0.2, -0.15) is 0 Å². The number of nitrogens with one attached hydrogen (secondary N) is 1. The van der Waals surface area contributed by atoms with Crippen molar-refractivity contribution in [3.05, 3.63) is 93.7 Å². The number of amides is 1. The van der Waals surface area contributed by atoms with Gasteiger partial charge in [0.05, 0.1) is 5.69 Å². The normalized spacial score (nSPS) is 10.8. The predicted octanol–water partition coefficient (Wildman–Crippen LogP) is 6.11. The summed E-state index contributed by atoms with van der Waals surface area (Å²) >= 11 is 12.5. The van der Waals surface area contributed by atoms with Crippen molar-refractivity contribution < 1.29 is 4.79 Å². The van der Waals surface area contributed by atoms with Gasteiger partial charge in [-0.3, -0.25) is 4.79 Å². The van der Waals surface area contributed by atoms with Crippen molar-refractivity contribution in [2.75, 3.05) is 5.32 Å². The van der Waals surface area contributed by atoms with Crippen molar-refractivity contribution >= 4 is 34.8 Å². The van der Waals surface area contributed by atoms with E-state index in [0.29, 0.717) is 21.6 Å². The second kappa shape index (κ2) is 8.30. The van der Waals surface area contributed by atoms with Crippen LogP contribution >= 0.6 is 23.2 Å². The number of hydrogen-bond acceptors (Lipinski definition) is 3. The van der Waals surface area contributed by atoms with Crippen LogP contribution in [0.15, 0.2) is 66.7 Å². The lowest BCUT2D eigenvalue weighted by Crippen LogP contribution is -2.14. The lowest BCUT2D eigenvalue weighted by atomic mass is 10.1. The molecule has 1 heterocycles. The van der Waals surface area contributed by atoms with Crippen molar-refractivity contribution in [3.8, 4) is 17.1 Å². The third-order valence-electron chi connectivity index (χ3n) is 4.64. The van der Waals surface area contributed by atoms with Crippen molar-refractivity contribution in [1.29, 1.82) is 0 Å². The third kappa shape index (κ3) is 4.08. The van der Waals surface area contributed by atoms with Crippen LogP contribution in [-0.2, 0) is 0 Å². The van der Waals surface area contributed by atoms with Crippen molar-refractivity contribution in [2.24, 2.45) is 0 Å². The molecule has 0 atom stereocenters. The average Bonchev–Trinajstić information content (AvgIpc) is 3.15. The molecule has 0 aliphatic heterocycles. The maximum atomic E-state index is 12.9. The smallest absolute Gasteiger partial charge is 0.295 e. The molecule has 0 aliphatic carbocycles. The number of carbonyl (C=O) groups excluding carboxylic acids is 1. The molecule has 0 unspecified atom stereocenters. The third-order valence-corrected chi connectivity index (χ3v) is 5.28. The number of carbonyl (C=O) groups is 1. The highest BCUT2D eigenvalue weighted by Crippen LogP contribution is 2.28. The molecule has 7 heteroatoms. The van der Waals surface area contributed by atoms with Gasteiger partial charge in [0.2, 0.25) is 5.82 Å². The number of halogens is 2. The summed E-state index contributed by atoms with van der Waals surface area (Å²) in [6, 6.07) is 20.3. The zero-order valence-corrected chi connectivity index (χ0v) is 17.9. The van der Waals surface area contributed by atoms with Crippen LogP contribution in [0.4, 0.5) is 5.69 Å². The Morgan fingerprint density at radius 3 is 2.50 bits per heavy atom. The van der Waals surface area contributed by atoms with E-state index in [-0.39, 0.29) is 5.82 Å². The summed E-state index contributed by atoms with van der Waals surface area (Å²) in [5.74, 6) is 0.144. The number of nitrogens with zero attached hydrogens (tertiary/aromatic N) is 3. The van der Waals surface area contributed by atoms with Crippen LogP contribution < -0.4 is 5.32 Å². The van der Waals surface area contributed by atoms with Gasteiger partial charge in [0.15, 0.2) is 5.82 Å². The highest BCUT2D eigenvalue weighted by Gasteiger charge is 2.20. The van der Waals surface area contributed by atoms with Gasteiger partial charge in [-0.15, -0.1) is 5.10 Å². The number of rotatable bonds is 4. The van der Waals surface area contributed by atoms with Crippen LogP contribution in [0.1, 0.15) is 21.7 Å². The minimum absolute atomic E-state index is 0.0471. The highest BCUT2D eigenvalue weighted by molar-refractivity contribution is 6.31. The minimum atomic E-state index is -0.401. The van der Waals surface area contributed by atoms with E-state index in [9.17, 15) is 4.79 Å². The molecule has 4 rings (SSSR count). The Labute approximate surface area is 184 Å². The lowest BCUT2D eigenvalue weighted by Gasteiger charge is -2.10. The molecule has 0 saturated carbocycles. The van der Waals surface area contributed by atoms with Gasteiger partial charge in [-0.25, -0.2) is 9.67 Å². The number of aromatic nitrogens is 3. The zero-order valence-electron chi connectivity index (χ0n) is 16.4. The molecule has 4 aromatic rings. The first-order valence-corrected chi connectivity index (χ1v) is 10.0. The Balaban J connectivity index is 1.81. The topological polar surface area (TPSA) is 59.8 Å². The molecule has 0 radical (unpaired) electrons. The van der Waals surface area contributed by atoms with Gasteiger partial charge in [0.25, 0.3) is 5.91 Å². The van der Waals surface area contributed by atoms with Gasteiger partial charge >= 0.3 is 0 Å². The monoisotopic (exact) mass is 436 g/mol. The Hall–Kier alpha value is -3.15. The maximum Gasteiger partial charge on any atom is 0.295 e. The highest BCUT2D eigenvalue weighted by atomic mass is 35.5. The lowest BCUT2D eigenvalue weighted by molar-refractivity contribution is 0.101. The van der Waals surface area contributed by atoms with Crippen LogP contribution in [0.2, 0.25) is 10.0 Å². The molecule has 1 aromatic heterocycles. The number of hydrogen-bond donors (Lipinski definition) is 1. The summed E-state index contributed by atoms with van der Waals surface area (Å²) in [7, 11) is 0. The van der Waals surface area contributed by atoms with E-state index < -0.39 is 5.91 Å². The molecular formula is C23H18Cl2N4O. The first kappa shape index (κ1) is 20.1. The number of benzene rings is 3. The molecule has 0 spiro atoms. The molecular weight excluding hydrogens is 419 g/mol. The largest absolute Gasteiger partial charge is 0.319 e. The van der Waals surface area contributed by atoms with E-state index in [0.717, 1.165) is 22.4 Å². The summed E-state index contributed by atoms with van der Waals surface area (Å²) in [6.45, 7) is 3.86. The van der Waals surface area contributed by atoms with Crippen LogP contribution in [0.25, 0.3) is 17.1 Å². The van der Waals surface area contributed by atoms with Gasteiger partial charge in [0, 0.05) is 21.3 Å². The summed E-state index contributed by atoms with van der Waals surface area (Å²) in [4.78, 5) is 17.4. The van der Waals surface area contributed by atoms with Crippen LogP contribution in [0.5, 0.6) is 0 Å². The van der Waals surface area contributed by atoms with Crippen molar-refractivity contribution in [1.82, 2.24) is 14.8 Å². The minimum Gasteiger partial charge on any atom is -0.319 e. The molecule has 3 aromatic carbocycles. The second-order valence-corrected chi connectivity index (χ2v) is 7.73. The Morgan fingerprint density at radius 2 is 1.73 bits per heavy atom. The van der Waals surface area contributed by atoms with E-state index in [1.807, 2.05) is 68.4 Å². The molecule has 0 bridgehead atoms. The molecule has 0 saturated heterocycles. The molecule has 0 aliphatic rings. The molecule has 5 nitrogen and oxygen atoms in total. The summed E-state index contributed by atoms with van der Waals surface area (Å²) in [6.07, 6.45) is 0. The molecule has 30 heavy (non-hydrogen) atoms. The summed E-state index contributed by atoms with van der Waals surface area (Å²) in [5.41, 5.74) is 4.03. The van der Waals surface area contributed by atoms with Crippen LogP contribution in [-0.4, -0.2) is 20.7 Å². The Kier molecular flexibility index (Phi) is 5.57. The second-order valence-electron chi connectivity index (χ2n) is 6.89. The van der Waals surface area contributed by atoms with E-state index in [2.05, 4.69) is 15.4 Å². The standard InChI is InChI=1S/C23H18Cl2N4O/c1-14-6-3-9-18(12-14)26-23(30)21-27-22(16-7-4-8-17(24)13-16)29(28-21)20-11-5-10-19(25)15(20)2/h3-13H,1-2H3,(H,26,30). The fourth-order valence-electron chi connectivity index (χ4n) is 3.13. The fraction of sp³-hybridized carbons (Fsp3) is 0.0870. The SMILES string of the molecule is Cc1cccc(NC(=O)c2nc(-c3cccc(Cl)c3)n(-c3cccc(Cl)c3C)n2)c1. The summed E-state index contributed by atoms with van der Waals surface area (Å²) < 4.78 is 1.62. The van der Waals surface area contributed by atoms with E-state index in [1.54, 1.807) is 16.8 Å². The number of aryl methyl sites for hydroxylation is 1. The van der Waals surface area contributed by atoms with Gasteiger partial charge in [-0.1, -0.05) is 53.5 Å². The van der Waals surface area contributed by atoms with Crippen molar-refractivity contribution in [2.45, 2.75) is 13.8 Å². The van der Waals surface area contributed by atoms with Gasteiger partial charge in [-0.05, 0) is 61.4 Å². The number of anilines is 1. The maximum absolute atomic E-state index is 12.9. The van der Waals surface area contributed by atoms with Crippen LogP contribution in [0, 0.1) is 13.8 Å². The summed E-state index contributed by atoms with van der Waals surface area (Å²) in [5, 5.41) is 8.52. The van der Waals surface area contributed by atoms with Gasteiger partial charge in [0.1, 0.15) is 0 Å². The predicted molar refractivity (Wildman–Crippen MR) is 121 cm³/mol. The first-order chi connectivity index (χ1) is 14.4. The first-order valence-electron chi connectivity index (χ1n) is 9.29. The average molecular weight is 437 g/mol. The zero-order chi connectivity index (χ0) is 21.3. The Bertz CT molecular complexity index is 1250. The molecule has 1 amide bonds. The van der Waals surface area contributed by atoms with E-state index in [4.69, 9.17) is 23.2 Å². The fourth-order valence-corrected chi connectivity index (χ4v) is 3.49. The van der Waals surface area contributed by atoms with Gasteiger partial charge < -0.3 is 5.32 Å². The quantitative estimate of drug-likeness (QED) is 0.419. The van der Waals surface area contributed by atoms with Crippen LogP contribution in [0.3, 0.4) is 0 Å². The Morgan fingerprint density at radius 1 is 0.967 bits per heavy atom. The van der Waals surface area contributed by atoms with E-state index in [1.165, 1.54) is 0 Å². The molecule has 150 valence electrons.